The van der Waals surface area contributed by atoms with Gasteiger partial charge in [0, 0.05) is 26.7 Å². The van der Waals surface area contributed by atoms with Crippen LogP contribution in [-0.2, 0) is 14.8 Å². The maximum Gasteiger partial charge on any atom is 0.213 e. The number of unbranched alkanes of at least 4 members (excludes halogenated alkanes) is 1. The zero-order valence-electron chi connectivity index (χ0n) is 12.5. The van der Waals surface area contributed by atoms with E-state index < -0.39 is 10.0 Å². The lowest BCUT2D eigenvalue weighted by atomic mass is 10.2. The Kier molecular flexibility index (Phi) is 7.28. The zero-order valence-corrected chi connectivity index (χ0v) is 13.3. The number of nitrogens with zero attached hydrogens (tertiary/aromatic N) is 2. The Labute approximate surface area is 118 Å². The van der Waals surface area contributed by atoms with Gasteiger partial charge in [0.1, 0.15) is 0 Å². The van der Waals surface area contributed by atoms with Crippen LogP contribution in [0.1, 0.15) is 33.1 Å². The molecule has 0 spiro atoms. The van der Waals surface area contributed by atoms with E-state index in [4.69, 9.17) is 4.74 Å². The summed E-state index contributed by atoms with van der Waals surface area (Å²) < 4.78 is 30.5. The quantitative estimate of drug-likeness (QED) is 0.673. The van der Waals surface area contributed by atoms with Crippen LogP contribution in [0.15, 0.2) is 0 Å². The Morgan fingerprint density at radius 1 is 1.37 bits per heavy atom. The van der Waals surface area contributed by atoms with E-state index in [1.807, 2.05) is 0 Å². The van der Waals surface area contributed by atoms with E-state index in [-0.39, 0.29) is 11.9 Å². The molecule has 19 heavy (non-hydrogen) atoms. The Morgan fingerprint density at radius 3 is 2.74 bits per heavy atom. The summed E-state index contributed by atoms with van der Waals surface area (Å²) in [5.41, 5.74) is 0. The molecule has 0 N–H and O–H groups in total. The van der Waals surface area contributed by atoms with Crippen LogP contribution in [0.2, 0.25) is 0 Å². The Morgan fingerprint density at radius 2 is 2.11 bits per heavy atom. The lowest BCUT2D eigenvalue weighted by molar-refractivity contribution is -0.0332. The van der Waals surface area contributed by atoms with Gasteiger partial charge in [0.25, 0.3) is 0 Å². The molecule has 0 bridgehead atoms. The average Bonchev–Trinajstić information content (AvgIpc) is 2.42. The summed E-state index contributed by atoms with van der Waals surface area (Å²) in [6.45, 7) is 8.23. The lowest BCUT2D eigenvalue weighted by Crippen LogP contribution is -2.44. The van der Waals surface area contributed by atoms with E-state index in [1.54, 1.807) is 14.0 Å². The Hall–Kier alpha value is -0.170. The summed E-state index contributed by atoms with van der Waals surface area (Å²) in [5.74, 6) is 0.164. The van der Waals surface area contributed by atoms with E-state index >= 15 is 0 Å². The number of hydrogen-bond donors (Lipinski definition) is 0. The summed E-state index contributed by atoms with van der Waals surface area (Å²) in [6.07, 6.45) is 3.37. The highest BCUT2D eigenvalue weighted by Gasteiger charge is 2.22. The van der Waals surface area contributed by atoms with Crippen molar-refractivity contribution in [3.8, 4) is 0 Å². The zero-order chi connectivity index (χ0) is 14.3. The molecule has 1 unspecified atom stereocenters. The van der Waals surface area contributed by atoms with Gasteiger partial charge in [-0.15, -0.1) is 0 Å². The first-order valence-electron chi connectivity index (χ1n) is 7.27. The van der Waals surface area contributed by atoms with Crippen LogP contribution in [0.4, 0.5) is 0 Å². The van der Waals surface area contributed by atoms with E-state index in [0.717, 1.165) is 32.7 Å². The number of rotatable bonds is 8. The third-order valence-electron chi connectivity index (χ3n) is 3.66. The highest BCUT2D eigenvalue weighted by atomic mass is 32.2. The molecule has 5 nitrogen and oxygen atoms in total. The fourth-order valence-corrected chi connectivity index (χ4v) is 3.05. The van der Waals surface area contributed by atoms with Gasteiger partial charge >= 0.3 is 0 Å². The van der Waals surface area contributed by atoms with Crippen LogP contribution in [0.5, 0.6) is 0 Å². The predicted molar refractivity (Wildman–Crippen MR) is 77.8 cm³/mol. The number of sulfonamides is 1. The van der Waals surface area contributed by atoms with Gasteiger partial charge in [-0.2, -0.15) is 0 Å². The highest BCUT2D eigenvalue weighted by Crippen LogP contribution is 2.11. The topological polar surface area (TPSA) is 49.9 Å². The molecule has 0 amide bonds. The molecule has 1 heterocycles. The molecule has 0 aromatic carbocycles. The van der Waals surface area contributed by atoms with Crippen LogP contribution in [-0.4, -0.2) is 69.3 Å². The Balaban J connectivity index is 2.33. The summed E-state index contributed by atoms with van der Waals surface area (Å²) in [5, 5.41) is 0. The molecule has 1 aliphatic rings. The molecule has 1 aliphatic heterocycles. The van der Waals surface area contributed by atoms with Crippen LogP contribution in [0, 0.1) is 0 Å². The van der Waals surface area contributed by atoms with Crippen molar-refractivity contribution in [3.63, 3.8) is 0 Å². The third kappa shape index (κ3) is 5.77. The van der Waals surface area contributed by atoms with Gasteiger partial charge < -0.3 is 4.74 Å². The van der Waals surface area contributed by atoms with Crippen LogP contribution >= 0.6 is 0 Å². The second-order valence-electron chi connectivity index (χ2n) is 5.16. The van der Waals surface area contributed by atoms with Gasteiger partial charge in [-0.1, -0.05) is 13.3 Å². The molecular formula is C13H28N2O3S. The molecule has 0 radical (unpaired) electrons. The summed E-state index contributed by atoms with van der Waals surface area (Å²) in [4.78, 5) is 2.42. The number of morpholine rings is 1. The number of ether oxygens (including phenoxy) is 1. The van der Waals surface area contributed by atoms with Gasteiger partial charge in [-0.05, 0) is 26.3 Å². The van der Waals surface area contributed by atoms with Crippen molar-refractivity contribution < 1.29 is 13.2 Å². The smallest absolute Gasteiger partial charge is 0.213 e. The molecule has 0 saturated carbocycles. The maximum atomic E-state index is 11.7. The van der Waals surface area contributed by atoms with Crippen molar-refractivity contribution in [2.45, 2.75) is 39.2 Å². The van der Waals surface area contributed by atoms with Crippen molar-refractivity contribution in [1.29, 1.82) is 0 Å². The number of hydrogen-bond acceptors (Lipinski definition) is 4. The molecule has 1 fully saturated rings. The van der Waals surface area contributed by atoms with Crippen LogP contribution < -0.4 is 0 Å². The largest absolute Gasteiger partial charge is 0.376 e. The normalized spacial score (nSPS) is 22.0. The highest BCUT2D eigenvalue weighted by molar-refractivity contribution is 7.89. The molecule has 114 valence electrons. The van der Waals surface area contributed by atoms with Gasteiger partial charge in [0.2, 0.25) is 10.0 Å². The molecule has 0 aromatic rings. The fraction of sp³-hybridized carbons (Fsp3) is 1.00. The predicted octanol–water partition coefficient (Wildman–Crippen LogP) is 1.16. The van der Waals surface area contributed by atoms with Gasteiger partial charge in [0.15, 0.2) is 0 Å². The van der Waals surface area contributed by atoms with E-state index in [2.05, 4.69) is 11.8 Å². The van der Waals surface area contributed by atoms with Gasteiger partial charge in [-0.3, -0.25) is 4.90 Å². The first-order chi connectivity index (χ1) is 8.99. The fourth-order valence-electron chi connectivity index (χ4n) is 2.23. The minimum Gasteiger partial charge on any atom is -0.376 e. The van der Waals surface area contributed by atoms with Crippen LogP contribution in [0.25, 0.3) is 0 Å². The van der Waals surface area contributed by atoms with Crippen molar-refractivity contribution in [1.82, 2.24) is 9.21 Å². The van der Waals surface area contributed by atoms with Gasteiger partial charge in [0.05, 0.1) is 18.5 Å². The molecule has 1 saturated heterocycles. The summed E-state index contributed by atoms with van der Waals surface area (Å²) >= 11 is 0. The summed E-state index contributed by atoms with van der Waals surface area (Å²) in [7, 11) is -1.41. The SMILES string of the molecule is CCCCN1CCOC(CCN(C)S(=O)(=O)CC)C1. The first kappa shape index (κ1) is 16.9. The molecule has 0 aliphatic carbocycles. The monoisotopic (exact) mass is 292 g/mol. The van der Waals surface area contributed by atoms with E-state index in [9.17, 15) is 8.42 Å². The third-order valence-corrected chi connectivity index (χ3v) is 5.52. The average molecular weight is 292 g/mol. The van der Waals surface area contributed by atoms with E-state index in [0.29, 0.717) is 6.54 Å². The second-order valence-corrected chi connectivity index (χ2v) is 7.52. The summed E-state index contributed by atoms with van der Waals surface area (Å²) in [6, 6.07) is 0. The first-order valence-corrected chi connectivity index (χ1v) is 8.88. The van der Waals surface area contributed by atoms with Crippen LogP contribution in [0.3, 0.4) is 0 Å². The minimum absolute atomic E-state index is 0.164. The van der Waals surface area contributed by atoms with Crippen molar-refractivity contribution in [3.05, 3.63) is 0 Å². The molecule has 0 aromatic heterocycles. The van der Waals surface area contributed by atoms with E-state index in [1.165, 1.54) is 17.1 Å². The second kappa shape index (κ2) is 8.19. The van der Waals surface area contributed by atoms with Crippen molar-refractivity contribution in [2.24, 2.45) is 0 Å². The lowest BCUT2D eigenvalue weighted by Gasteiger charge is -2.33. The maximum absolute atomic E-state index is 11.7. The molecule has 1 rings (SSSR count). The Bertz CT molecular complexity index is 346. The van der Waals surface area contributed by atoms with Gasteiger partial charge in [-0.25, -0.2) is 12.7 Å². The molecular weight excluding hydrogens is 264 g/mol. The minimum atomic E-state index is -3.06. The molecule has 6 heteroatoms. The van der Waals surface area contributed by atoms with Crippen molar-refractivity contribution in [2.75, 3.05) is 45.6 Å². The molecule has 1 atom stereocenters. The van der Waals surface area contributed by atoms with Crippen molar-refractivity contribution >= 4 is 10.0 Å². The standard InChI is InChI=1S/C13H28N2O3S/c1-4-6-8-15-10-11-18-13(12-15)7-9-14(3)19(16,17)5-2/h13H,4-12H2,1-3H3.